The van der Waals surface area contributed by atoms with Gasteiger partial charge in [-0.2, -0.15) is 0 Å². The van der Waals surface area contributed by atoms with Gasteiger partial charge in [-0.15, -0.1) is 0 Å². The SMILES string of the molecule is Cc1cc(C)c(CN(C)CCO)cc1C. The fourth-order valence-electron chi connectivity index (χ4n) is 1.73. The van der Waals surface area contributed by atoms with Crippen molar-refractivity contribution in [3.63, 3.8) is 0 Å². The van der Waals surface area contributed by atoms with E-state index in [0.29, 0.717) is 0 Å². The fourth-order valence-corrected chi connectivity index (χ4v) is 1.73. The molecule has 0 aliphatic carbocycles. The number of likely N-dealkylation sites (N-methyl/N-ethyl adjacent to an activating group) is 1. The van der Waals surface area contributed by atoms with Crippen molar-refractivity contribution in [3.8, 4) is 0 Å². The van der Waals surface area contributed by atoms with Crippen molar-refractivity contribution in [2.45, 2.75) is 27.3 Å². The van der Waals surface area contributed by atoms with Gasteiger partial charge in [-0.25, -0.2) is 0 Å². The predicted octanol–water partition coefficient (Wildman–Crippen LogP) is 2.04. The minimum Gasteiger partial charge on any atom is -0.395 e. The van der Waals surface area contributed by atoms with E-state index >= 15 is 0 Å². The van der Waals surface area contributed by atoms with Gasteiger partial charge in [0, 0.05) is 13.1 Å². The van der Waals surface area contributed by atoms with E-state index in [0.717, 1.165) is 13.1 Å². The predicted molar refractivity (Wildman–Crippen MR) is 64.1 cm³/mol. The smallest absolute Gasteiger partial charge is 0.0558 e. The van der Waals surface area contributed by atoms with Crippen molar-refractivity contribution >= 4 is 0 Å². The standard InChI is InChI=1S/C13H21NO/c1-10-7-12(3)13(8-11(10)2)9-14(4)5-6-15/h7-8,15H,5-6,9H2,1-4H3. The van der Waals surface area contributed by atoms with Gasteiger partial charge < -0.3 is 5.11 Å². The minimum atomic E-state index is 0.223. The number of nitrogens with zero attached hydrogens (tertiary/aromatic N) is 1. The van der Waals surface area contributed by atoms with Gasteiger partial charge in [0.25, 0.3) is 0 Å². The van der Waals surface area contributed by atoms with E-state index in [9.17, 15) is 0 Å². The maximum absolute atomic E-state index is 8.84. The Hall–Kier alpha value is -0.860. The molecule has 0 saturated heterocycles. The summed E-state index contributed by atoms with van der Waals surface area (Å²) in [6.45, 7) is 8.29. The number of aliphatic hydroxyl groups is 1. The van der Waals surface area contributed by atoms with Crippen LogP contribution in [0.4, 0.5) is 0 Å². The Kier molecular flexibility index (Phi) is 4.30. The highest BCUT2D eigenvalue weighted by molar-refractivity contribution is 5.36. The van der Waals surface area contributed by atoms with Crippen LogP contribution >= 0.6 is 0 Å². The summed E-state index contributed by atoms with van der Waals surface area (Å²) in [5, 5.41) is 8.84. The monoisotopic (exact) mass is 207 g/mol. The molecule has 1 N–H and O–H groups in total. The van der Waals surface area contributed by atoms with E-state index in [1.807, 2.05) is 7.05 Å². The summed E-state index contributed by atoms with van der Waals surface area (Å²) >= 11 is 0. The molecule has 0 aromatic heterocycles. The van der Waals surface area contributed by atoms with Gasteiger partial charge in [0.2, 0.25) is 0 Å². The van der Waals surface area contributed by atoms with Crippen molar-refractivity contribution < 1.29 is 5.11 Å². The van der Waals surface area contributed by atoms with E-state index in [-0.39, 0.29) is 6.61 Å². The van der Waals surface area contributed by atoms with E-state index in [4.69, 9.17) is 5.11 Å². The minimum absolute atomic E-state index is 0.223. The highest BCUT2D eigenvalue weighted by Gasteiger charge is 2.04. The average Bonchev–Trinajstić information content (AvgIpc) is 2.14. The first-order valence-electron chi connectivity index (χ1n) is 5.40. The molecule has 15 heavy (non-hydrogen) atoms. The molecular weight excluding hydrogens is 186 g/mol. The van der Waals surface area contributed by atoms with Crippen LogP contribution in [0.25, 0.3) is 0 Å². The molecule has 0 heterocycles. The molecule has 1 aromatic carbocycles. The van der Waals surface area contributed by atoms with E-state index in [1.54, 1.807) is 0 Å². The zero-order valence-electron chi connectivity index (χ0n) is 10.2. The zero-order chi connectivity index (χ0) is 11.4. The molecule has 0 saturated carbocycles. The molecule has 0 unspecified atom stereocenters. The quantitative estimate of drug-likeness (QED) is 0.816. The highest BCUT2D eigenvalue weighted by Crippen LogP contribution is 2.16. The maximum Gasteiger partial charge on any atom is 0.0558 e. The third kappa shape index (κ3) is 3.33. The van der Waals surface area contributed by atoms with Crippen LogP contribution in [0.15, 0.2) is 12.1 Å². The summed E-state index contributed by atoms with van der Waals surface area (Å²) in [5.74, 6) is 0. The molecule has 2 heteroatoms. The van der Waals surface area contributed by atoms with Gasteiger partial charge in [0.05, 0.1) is 6.61 Å². The molecule has 0 radical (unpaired) electrons. The van der Waals surface area contributed by atoms with Crippen molar-refractivity contribution in [2.24, 2.45) is 0 Å². The Morgan fingerprint density at radius 3 is 2.27 bits per heavy atom. The second-order valence-corrected chi connectivity index (χ2v) is 4.32. The van der Waals surface area contributed by atoms with Gasteiger partial charge in [-0.1, -0.05) is 12.1 Å². The van der Waals surface area contributed by atoms with Crippen molar-refractivity contribution in [1.29, 1.82) is 0 Å². The van der Waals surface area contributed by atoms with Crippen molar-refractivity contribution in [1.82, 2.24) is 4.90 Å². The van der Waals surface area contributed by atoms with Crippen LogP contribution in [0.3, 0.4) is 0 Å². The van der Waals surface area contributed by atoms with Crippen LogP contribution in [0, 0.1) is 20.8 Å². The first kappa shape index (κ1) is 12.2. The zero-order valence-corrected chi connectivity index (χ0v) is 10.2. The summed E-state index contributed by atoms with van der Waals surface area (Å²) in [7, 11) is 2.03. The second-order valence-electron chi connectivity index (χ2n) is 4.32. The number of rotatable bonds is 4. The molecule has 0 aliphatic rings. The molecule has 2 nitrogen and oxygen atoms in total. The van der Waals surface area contributed by atoms with Crippen LogP contribution in [0.2, 0.25) is 0 Å². The van der Waals surface area contributed by atoms with Crippen LogP contribution < -0.4 is 0 Å². The Balaban J connectivity index is 2.81. The lowest BCUT2D eigenvalue weighted by Gasteiger charge is -2.17. The van der Waals surface area contributed by atoms with Crippen LogP contribution in [-0.2, 0) is 6.54 Å². The molecule has 0 spiro atoms. The van der Waals surface area contributed by atoms with Crippen LogP contribution in [0.5, 0.6) is 0 Å². The van der Waals surface area contributed by atoms with Gasteiger partial charge >= 0.3 is 0 Å². The Morgan fingerprint density at radius 2 is 1.67 bits per heavy atom. The van der Waals surface area contributed by atoms with Gasteiger partial charge in [0.15, 0.2) is 0 Å². The summed E-state index contributed by atoms with van der Waals surface area (Å²) < 4.78 is 0. The Labute approximate surface area is 92.5 Å². The van der Waals surface area contributed by atoms with Crippen molar-refractivity contribution in [2.75, 3.05) is 20.2 Å². The molecule has 1 aromatic rings. The summed E-state index contributed by atoms with van der Waals surface area (Å²) in [6, 6.07) is 4.48. The number of benzene rings is 1. The van der Waals surface area contributed by atoms with E-state index in [2.05, 4.69) is 37.8 Å². The fraction of sp³-hybridized carbons (Fsp3) is 0.538. The van der Waals surface area contributed by atoms with Crippen LogP contribution in [0.1, 0.15) is 22.3 Å². The molecule has 0 fully saturated rings. The molecular formula is C13H21NO. The molecule has 0 bridgehead atoms. The van der Waals surface area contributed by atoms with Crippen LogP contribution in [-0.4, -0.2) is 30.2 Å². The number of hydrogen-bond donors (Lipinski definition) is 1. The number of aryl methyl sites for hydroxylation is 3. The van der Waals surface area contributed by atoms with Gasteiger partial charge in [0.1, 0.15) is 0 Å². The molecule has 0 atom stereocenters. The van der Waals surface area contributed by atoms with Crippen molar-refractivity contribution in [3.05, 3.63) is 34.4 Å². The summed E-state index contributed by atoms with van der Waals surface area (Å²) in [5.41, 5.74) is 5.38. The number of hydrogen-bond acceptors (Lipinski definition) is 2. The topological polar surface area (TPSA) is 23.5 Å². The normalized spacial score (nSPS) is 11.1. The summed E-state index contributed by atoms with van der Waals surface area (Å²) in [6.07, 6.45) is 0. The lowest BCUT2D eigenvalue weighted by Crippen LogP contribution is -2.22. The maximum atomic E-state index is 8.84. The Bertz CT molecular complexity index is 334. The molecule has 0 aliphatic heterocycles. The summed E-state index contributed by atoms with van der Waals surface area (Å²) in [4.78, 5) is 2.14. The third-order valence-electron chi connectivity index (χ3n) is 2.87. The second kappa shape index (κ2) is 5.29. The lowest BCUT2D eigenvalue weighted by atomic mass is 10.0. The lowest BCUT2D eigenvalue weighted by molar-refractivity contribution is 0.217. The molecule has 0 amide bonds. The first-order chi connectivity index (χ1) is 7.04. The largest absolute Gasteiger partial charge is 0.395 e. The Morgan fingerprint density at radius 1 is 1.07 bits per heavy atom. The third-order valence-corrected chi connectivity index (χ3v) is 2.87. The molecule has 84 valence electrons. The first-order valence-corrected chi connectivity index (χ1v) is 5.40. The van der Waals surface area contributed by atoms with E-state index < -0.39 is 0 Å². The molecule has 1 rings (SSSR count). The average molecular weight is 207 g/mol. The van der Waals surface area contributed by atoms with Gasteiger partial charge in [-0.05, 0) is 50.1 Å². The van der Waals surface area contributed by atoms with Gasteiger partial charge in [-0.3, -0.25) is 4.90 Å². The highest BCUT2D eigenvalue weighted by atomic mass is 16.3. The number of aliphatic hydroxyl groups excluding tert-OH is 1. The van der Waals surface area contributed by atoms with E-state index in [1.165, 1.54) is 22.3 Å².